The SMILES string of the molecule is O=C(c1ccc(Br)nc1)N1CCN(c2ccc(C3CC3)cc2C2CC2)CC1. The number of anilines is 1. The van der Waals surface area contributed by atoms with E-state index in [1.165, 1.54) is 36.9 Å². The number of piperazine rings is 1. The van der Waals surface area contributed by atoms with Crippen molar-refractivity contribution in [3.05, 3.63) is 57.8 Å². The Bertz CT molecular complexity index is 850. The molecule has 1 aliphatic heterocycles. The Morgan fingerprint density at radius 2 is 1.70 bits per heavy atom. The van der Waals surface area contributed by atoms with E-state index in [2.05, 4.69) is 44.0 Å². The van der Waals surface area contributed by atoms with E-state index >= 15 is 0 Å². The molecule has 2 aromatic rings. The predicted molar refractivity (Wildman–Crippen MR) is 110 cm³/mol. The average Bonchev–Trinajstić information content (AvgIpc) is 3.60. The van der Waals surface area contributed by atoms with Crippen LogP contribution in [0.5, 0.6) is 0 Å². The average molecular weight is 426 g/mol. The van der Waals surface area contributed by atoms with Crippen molar-refractivity contribution >= 4 is 27.5 Å². The first-order chi connectivity index (χ1) is 13.2. The van der Waals surface area contributed by atoms with Gasteiger partial charge in [0.15, 0.2) is 0 Å². The Kier molecular flexibility index (Phi) is 4.43. The van der Waals surface area contributed by atoms with Crippen molar-refractivity contribution in [2.45, 2.75) is 37.5 Å². The van der Waals surface area contributed by atoms with Gasteiger partial charge in [-0.25, -0.2) is 4.98 Å². The summed E-state index contributed by atoms with van der Waals surface area (Å²) < 4.78 is 0.756. The lowest BCUT2D eigenvalue weighted by molar-refractivity contribution is 0.0746. The minimum atomic E-state index is 0.0844. The predicted octanol–water partition coefficient (Wildman–Crippen LogP) is 4.56. The first-order valence-corrected chi connectivity index (χ1v) is 10.8. The van der Waals surface area contributed by atoms with Gasteiger partial charge in [-0.15, -0.1) is 0 Å². The standard InChI is InChI=1S/C22H24BrN3O/c23-21-8-6-18(14-24-21)22(27)26-11-9-25(10-12-26)20-7-5-17(15-1-2-15)13-19(20)16-3-4-16/h5-8,13-16H,1-4,9-12H2. The largest absolute Gasteiger partial charge is 0.368 e. The number of rotatable bonds is 4. The van der Waals surface area contributed by atoms with Crippen LogP contribution in [0.3, 0.4) is 0 Å². The van der Waals surface area contributed by atoms with Gasteiger partial charge in [0, 0.05) is 38.1 Å². The van der Waals surface area contributed by atoms with Gasteiger partial charge >= 0.3 is 0 Å². The monoisotopic (exact) mass is 425 g/mol. The highest BCUT2D eigenvalue weighted by atomic mass is 79.9. The van der Waals surface area contributed by atoms with Crippen LogP contribution in [0.1, 0.15) is 59.0 Å². The molecule has 140 valence electrons. The molecule has 0 N–H and O–H groups in total. The van der Waals surface area contributed by atoms with Gasteiger partial charge in [0.05, 0.1) is 5.56 Å². The molecule has 1 aromatic carbocycles. The number of pyridine rings is 1. The maximum absolute atomic E-state index is 12.7. The fourth-order valence-electron chi connectivity index (χ4n) is 4.09. The smallest absolute Gasteiger partial charge is 0.255 e. The third-order valence-corrected chi connectivity index (χ3v) is 6.47. The van der Waals surface area contributed by atoms with Crippen LogP contribution in [-0.2, 0) is 0 Å². The zero-order valence-corrected chi connectivity index (χ0v) is 17.0. The molecule has 1 amide bonds. The van der Waals surface area contributed by atoms with E-state index in [-0.39, 0.29) is 5.91 Å². The first-order valence-electron chi connectivity index (χ1n) is 9.98. The Morgan fingerprint density at radius 3 is 2.33 bits per heavy atom. The number of aromatic nitrogens is 1. The molecule has 0 bridgehead atoms. The summed E-state index contributed by atoms with van der Waals surface area (Å²) in [6.45, 7) is 3.34. The summed E-state index contributed by atoms with van der Waals surface area (Å²) in [7, 11) is 0. The Labute approximate surface area is 168 Å². The second kappa shape index (κ2) is 6.93. The van der Waals surface area contributed by atoms with Crippen molar-refractivity contribution < 1.29 is 4.79 Å². The molecule has 1 saturated heterocycles. The van der Waals surface area contributed by atoms with E-state index in [0.29, 0.717) is 5.56 Å². The summed E-state index contributed by atoms with van der Waals surface area (Å²) in [6, 6.07) is 10.8. The van der Waals surface area contributed by atoms with Gasteiger partial charge < -0.3 is 9.80 Å². The van der Waals surface area contributed by atoms with Gasteiger partial charge in [-0.3, -0.25) is 4.79 Å². The molecule has 0 radical (unpaired) electrons. The molecule has 3 aliphatic rings. The molecular weight excluding hydrogens is 402 g/mol. The molecule has 0 atom stereocenters. The van der Waals surface area contributed by atoms with Crippen molar-refractivity contribution in [1.82, 2.24) is 9.88 Å². The number of amides is 1. The lowest BCUT2D eigenvalue weighted by Crippen LogP contribution is -2.49. The van der Waals surface area contributed by atoms with Gasteiger partial charge in [-0.05, 0) is 82.8 Å². The summed E-state index contributed by atoms with van der Waals surface area (Å²) in [4.78, 5) is 21.3. The van der Waals surface area contributed by atoms with Crippen LogP contribution in [0.4, 0.5) is 5.69 Å². The van der Waals surface area contributed by atoms with Crippen molar-refractivity contribution in [1.29, 1.82) is 0 Å². The van der Waals surface area contributed by atoms with Crippen LogP contribution in [0.25, 0.3) is 0 Å². The van der Waals surface area contributed by atoms with E-state index < -0.39 is 0 Å². The third kappa shape index (κ3) is 3.62. The second-order valence-electron chi connectivity index (χ2n) is 8.02. The zero-order valence-electron chi connectivity index (χ0n) is 15.4. The summed E-state index contributed by atoms with van der Waals surface area (Å²) in [5.74, 6) is 1.65. The quantitative estimate of drug-likeness (QED) is 0.673. The summed E-state index contributed by atoms with van der Waals surface area (Å²) >= 11 is 3.32. The Morgan fingerprint density at radius 1 is 0.963 bits per heavy atom. The molecule has 1 aromatic heterocycles. The molecule has 0 spiro atoms. The van der Waals surface area contributed by atoms with E-state index in [9.17, 15) is 4.79 Å². The molecular formula is C22H24BrN3O. The Hall–Kier alpha value is -1.88. The lowest BCUT2D eigenvalue weighted by atomic mass is 10.0. The topological polar surface area (TPSA) is 36.4 Å². The molecule has 5 rings (SSSR count). The number of carbonyl (C=O) groups is 1. The Balaban J connectivity index is 1.29. The number of halogens is 1. The molecule has 4 nitrogen and oxygen atoms in total. The van der Waals surface area contributed by atoms with Crippen LogP contribution < -0.4 is 4.90 Å². The maximum atomic E-state index is 12.7. The first kappa shape index (κ1) is 17.2. The summed E-state index contributed by atoms with van der Waals surface area (Å²) in [5.41, 5.74) is 5.16. The second-order valence-corrected chi connectivity index (χ2v) is 8.83. The van der Waals surface area contributed by atoms with Crippen molar-refractivity contribution in [2.24, 2.45) is 0 Å². The number of benzene rings is 1. The normalized spacial score (nSPS) is 20.0. The van der Waals surface area contributed by atoms with Crippen LogP contribution in [0.2, 0.25) is 0 Å². The number of carbonyl (C=O) groups excluding carboxylic acids is 1. The lowest BCUT2D eigenvalue weighted by Gasteiger charge is -2.37. The molecule has 2 aliphatic carbocycles. The van der Waals surface area contributed by atoms with Crippen LogP contribution in [-0.4, -0.2) is 42.0 Å². The fraction of sp³-hybridized carbons (Fsp3) is 0.455. The van der Waals surface area contributed by atoms with Crippen LogP contribution in [0, 0.1) is 0 Å². The van der Waals surface area contributed by atoms with E-state index in [0.717, 1.165) is 42.6 Å². The number of nitrogens with zero attached hydrogens (tertiary/aromatic N) is 3. The van der Waals surface area contributed by atoms with Crippen LogP contribution >= 0.6 is 15.9 Å². The number of hydrogen-bond donors (Lipinski definition) is 0. The van der Waals surface area contributed by atoms with Gasteiger partial charge in [0.1, 0.15) is 4.60 Å². The van der Waals surface area contributed by atoms with Crippen molar-refractivity contribution in [3.8, 4) is 0 Å². The van der Waals surface area contributed by atoms with Crippen LogP contribution in [0.15, 0.2) is 41.1 Å². The van der Waals surface area contributed by atoms with Gasteiger partial charge in [0.25, 0.3) is 5.91 Å². The molecule has 5 heteroatoms. The molecule has 0 unspecified atom stereocenters. The number of hydrogen-bond acceptors (Lipinski definition) is 3. The minimum Gasteiger partial charge on any atom is -0.368 e. The fourth-order valence-corrected chi connectivity index (χ4v) is 4.32. The van der Waals surface area contributed by atoms with Gasteiger partial charge in [-0.2, -0.15) is 0 Å². The maximum Gasteiger partial charge on any atom is 0.255 e. The summed E-state index contributed by atoms with van der Waals surface area (Å²) in [6.07, 6.45) is 7.02. The molecule has 27 heavy (non-hydrogen) atoms. The summed E-state index contributed by atoms with van der Waals surface area (Å²) in [5, 5.41) is 0. The molecule has 3 fully saturated rings. The van der Waals surface area contributed by atoms with E-state index in [4.69, 9.17) is 0 Å². The highest BCUT2D eigenvalue weighted by Gasteiger charge is 2.32. The van der Waals surface area contributed by atoms with Gasteiger partial charge in [0.2, 0.25) is 0 Å². The third-order valence-electron chi connectivity index (χ3n) is 6.00. The highest BCUT2D eigenvalue weighted by molar-refractivity contribution is 9.10. The van der Waals surface area contributed by atoms with Crippen molar-refractivity contribution in [2.75, 3.05) is 31.1 Å². The van der Waals surface area contributed by atoms with E-state index in [1.54, 1.807) is 11.8 Å². The minimum absolute atomic E-state index is 0.0844. The van der Waals surface area contributed by atoms with Crippen molar-refractivity contribution in [3.63, 3.8) is 0 Å². The van der Waals surface area contributed by atoms with Gasteiger partial charge in [-0.1, -0.05) is 12.1 Å². The molecule has 2 heterocycles. The van der Waals surface area contributed by atoms with E-state index in [1.807, 2.05) is 17.0 Å². The zero-order chi connectivity index (χ0) is 18.4. The highest BCUT2D eigenvalue weighted by Crippen LogP contribution is 2.48. The molecule has 2 saturated carbocycles.